The molecule has 2 N–H and O–H groups in total. The van der Waals surface area contributed by atoms with Crippen molar-refractivity contribution >= 4 is 40.5 Å². The van der Waals surface area contributed by atoms with E-state index in [9.17, 15) is 19.5 Å². The minimum absolute atomic E-state index is 0.0218. The molecule has 0 fully saturated rings. The van der Waals surface area contributed by atoms with E-state index in [0.717, 1.165) is 26.7 Å². The topological polar surface area (TPSA) is 122 Å². The number of nitrogens with one attached hydrogen (secondary N) is 1. The molecule has 0 unspecified atom stereocenters. The van der Waals surface area contributed by atoms with Crippen LogP contribution in [0.15, 0.2) is 77.8 Å². The minimum atomic E-state index is -0.917. The van der Waals surface area contributed by atoms with E-state index in [2.05, 4.69) is 29.1 Å². The SMILES string of the molecule is CC(C)c1nc(CN(C)C(=O)C[C@H](C(=O)N[C@@H](Cc2ccccc2)C[C@H](O)[C@@H](CC(=O)OCc2cncs2)Cc2ccccc2)C(C)C)cs1. The summed E-state index contributed by atoms with van der Waals surface area (Å²) in [4.78, 5) is 51.5. The number of rotatable bonds is 19. The van der Waals surface area contributed by atoms with Gasteiger partial charge < -0.3 is 20.1 Å². The number of ether oxygens (including phenoxy) is 1. The number of amides is 2. The molecule has 9 nitrogen and oxygen atoms in total. The molecule has 4 atom stereocenters. The summed E-state index contributed by atoms with van der Waals surface area (Å²) in [5.41, 5.74) is 4.54. The summed E-state index contributed by atoms with van der Waals surface area (Å²) < 4.78 is 5.54. The largest absolute Gasteiger partial charge is 0.460 e. The van der Waals surface area contributed by atoms with Crippen LogP contribution in [-0.2, 0) is 45.1 Å². The van der Waals surface area contributed by atoms with Gasteiger partial charge in [0.15, 0.2) is 0 Å². The summed E-state index contributed by atoms with van der Waals surface area (Å²) in [6, 6.07) is 19.1. The van der Waals surface area contributed by atoms with E-state index in [-0.39, 0.29) is 43.6 Å². The lowest BCUT2D eigenvalue weighted by atomic mass is 9.86. The maximum atomic E-state index is 13.9. The van der Waals surface area contributed by atoms with Gasteiger partial charge in [-0.2, -0.15) is 0 Å². The van der Waals surface area contributed by atoms with Crippen molar-refractivity contribution in [2.75, 3.05) is 7.05 Å². The molecule has 4 rings (SSSR count). The number of hydrogen-bond acceptors (Lipinski definition) is 9. The maximum absolute atomic E-state index is 13.9. The van der Waals surface area contributed by atoms with Gasteiger partial charge in [-0.1, -0.05) is 88.4 Å². The summed E-state index contributed by atoms with van der Waals surface area (Å²) in [6.45, 7) is 8.60. The lowest BCUT2D eigenvalue weighted by molar-refractivity contribution is -0.147. The van der Waals surface area contributed by atoms with Crippen molar-refractivity contribution in [1.82, 2.24) is 20.2 Å². The van der Waals surface area contributed by atoms with E-state index in [0.29, 0.717) is 25.3 Å². The average Bonchev–Trinajstić information content (AvgIpc) is 3.79. The molecule has 0 saturated carbocycles. The third kappa shape index (κ3) is 12.4. The van der Waals surface area contributed by atoms with Crippen molar-refractivity contribution in [1.29, 1.82) is 0 Å². The molecular weight excluding hydrogens is 669 g/mol. The molecular formula is C39H50N4O5S2. The van der Waals surface area contributed by atoms with Crippen LogP contribution in [0.25, 0.3) is 0 Å². The summed E-state index contributed by atoms with van der Waals surface area (Å²) in [6.07, 6.45) is 2.01. The maximum Gasteiger partial charge on any atom is 0.306 e. The van der Waals surface area contributed by atoms with Gasteiger partial charge in [0.25, 0.3) is 0 Å². The van der Waals surface area contributed by atoms with Crippen molar-refractivity contribution in [3.05, 3.63) is 104 Å². The van der Waals surface area contributed by atoms with Crippen LogP contribution in [0.5, 0.6) is 0 Å². The molecule has 268 valence electrons. The molecule has 0 aliphatic heterocycles. The van der Waals surface area contributed by atoms with E-state index in [4.69, 9.17) is 4.74 Å². The molecule has 4 aromatic rings. The highest BCUT2D eigenvalue weighted by Crippen LogP contribution is 2.25. The van der Waals surface area contributed by atoms with Gasteiger partial charge >= 0.3 is 5.97 Å². The number of aromatic nitrogens is 2. The van der Waals surface area contributed by atoms with Crippen molar-refractivity contribution < 1.29 is 24.2 Å². The Bertz CT molecular complexity index is 1610. The first-order chi connectivity index (χ1) is 24.0. The Balaban J connectivity index is 1.46. The van der Waals surface area contributed by atoms with Crippen LogP contribution in [0.2, 0.25) is 0 Å². The van der Waals surface area contributed by atoms with Gasteiger partial charge in [-0.05, 0) is 42.2 Å². The lowest BCUT2D eigenvalue weighted by Crippen LogP contribution is -2.45. The third-order valence-electron chi connectivity index (χ3n) is 8.79. The lowest BCUT2D eigenvalue weighted by Gasteiger charge is -2.30. The Morgan fingerprint density at radius 1 is 0.920 bits per heavy atom. The Morgan fingerprint density at radius 2 is 1.58 bits per heavy atom. The van der Waals surface area contributed by atoms with Crippen molar-refractivity contribution in [3.63, 3.8) is 0 Å². The highest BCUT2D eigenvalue weighted by atomic mass is 32.1. The van der Waals surface area contributed by atoms with E-state index in [1.165, 1.54) is 11.3 Å². The van der Waals surface area contributed by atoms with Crippen LogP contribution in [-0.4, -0.2) is 57.0 Å². The summed E-state index contributed by atoms with van der Waals surface area (Å²) >= 11 is 3.01. The smallest absolute Gasteiger partial charge is 0.306 e. The van der Waals surface area contributed by atoms with Gasteiger partial charge in [-0.25, -0.2) is 4.98 Å². The Labute approximate surface area is 304 Å². The number of esters is 1. The summed E-state index contributed by atoms with van der Waals surface area (Å²) in [5, 5.41) is 18.0. The zero-order chi connectivity index (χ0) is 36.0. The predicted octanol–water partition coefficient (Wildman–Crippen LogP) is 6.81. The van der Waals surface area contributed by atoms with Gasteiger partial charge in [0.05, 0.1) is 40.2 Å². The monoisotopic (exact) mass is 718 g/mol. The zero-order valence-corrected chi connectivity index (χ0v) is 31.3. The molecule has 0 radical (unpaired) electrons. The van der Waals surface area contributed by atoms with Crippen LogP contribution in [0.4, 0.5) is 0 Å². The van der Waals surface area contributed by atoms with E-state index in [1.807, 2.05) is 79.9 Å². The molecule has 2 aromatic heterocycles. The van der Waals surface area contributed by atoms with Crippen LogP contribution >= 0.6 is 22.7 Å². The number of aliphatic hydroxyl groups excluding tert-OH is 1. The Kier molecular flexibility index (Phi) is 15.1. The Hall–Kier alpha value is -3.93. The predicted molar refractivity (Wildman–Crippen MR) is 198 cm³/mol. The second kappa shape index (κ2) is 19.5. The molecule has 0 saturated heterocycles. The number of nitrogens with zero attached hydrogens (tertiary/aromatic N) is 3. The van der Waals surface area contributed by atoms with Crippen molar-refractivity contribution in [2.45, 2.75) is 91.0 Å². The first-order valence-electron chi connectivity index (χ1n) is 17.3. The number of hydrogen-bond donors (Lipinski definition) is 2. The molecule has 11 heteroatoms. The molecule has 0 spiro atoms. The van der Waals surface area contributed by atoms with Gasteiger partial charge in [0, 0.05) is 42.9 Å². The number of benzene rings is 2. The quantitative estimate of drug-likeness (QED) is 0.102. The van der Waals surface area contributed by atoms with Crippen molar-refractivity contribution in [3.8, 4) is 0 Å². The third-order valence-corrected chi connectivity index (χ3v) is 10.7. The first kappa shape index (κ1) is 38.9. The molecule has 2 aromatic carbocycles. The normalized spacial score (nSPS) is 13.8. The molecule has 2 heterocycles. The van der Waals surface area contributed by atoms with Crippen LogP contribution in [0.1, 0.15) is 79.6 Å². The van der Waals surface area contributed by atoms with Gasteiger partial charge in [-0.3, -0.25) is 19.4 Å². The van der Waals surface area contributed by atoms with E-state index in [1.54, 1.807) is 35.0 Å². The number of aliphatic hydroxyl groups is 1. The average molecular weight is 719 g/mol. The van der Waals surface area contributed by atoms with E-state index >= 15 is 0 Å². The summed E-state index contributed by atoms with van der Waals surface area (Å²) in [5.74, 6) is -1.54. The number of thiazole rings is 2. The molecule has 0 bridgehead atoms. The fourth-order valence-electron chi connectivity index (χ4n) is 5.85. The second-order valence-electron chi connectivity index (χ2n) is 13.6. The van der Waals surface area contributed by atoms with Crippen LogP contribution < -0.4 is 5.32 Å². The van der Waals surface area contributed by atoms with Gasteiger partial charge in [0.1, 0.15) is 6.61 Å². The molecule has 50 heavy (non-hydrogen) atoms. The zero-order valence-electron chi connectivity index (χ0n) is 29.7. The summed E-state index contributed by atoms with van der Waals surface area (Å²) in [7, 11) is 1.75. The minimum Gasteiger partial charge on any atom is -0.460 e. The molecule has 2 amide bonds. The van der Waals surface area contributed by atoms with Gasteiger partial charge in [-0.15, -0.1) is 22.7 Å². The highest BCUT2D eigenvalue weighted by Gasteiger charge is 2.31. The fraction of sp³-hybridized carbons (Fsp3) is 0.462. The van der Waals surface area contributed by atoms with Crippen molar-refractivity contribution in [2.24, 2.45) is 17.8 Å². The van der Waals surface area contributed by atoms with E-state index < -0.39 is 30.0 Å². The molecule has 0 aliphatic carbocycles. The molecule has 0 aliphatic rings. The Morgan fingerprint density at radius 3 is 2.16 bits per heavy atom. The highest BCUT2D eigenvalue weighted by molar-refractivity contribution is 7.09. The van der Waals surface area contributed by atoms with Gasteiger partial charge in [0.2, 0.25) is 11.8 Å². The first-order valence-corrected chi connectivity index (χ1v) is 19.0. The fourth-order valence-corrected chi connectivity index (χ4v) is 7.18. The number of carbonyl (C=O) groups excluding carboxylic acids is 3. The standard InChI is InChI=1S/C39H50N4O5S2/c1-26(2)34(20-36(45)43(5)22-32-24-49-39(42-32)27(3)4)38(47)41-31(17-29-14-10-7-11-15-29)19-35(44)30(16-28-12-8-6-9-13-28)18-37(46)48-23-33-21-40-25-50-33/h6-15,21,24-27,30-31,34-35,44H,16-20,22-23H2,1-5H3,(H,41,47)/t30-,31+,34+,35+/m1/s1. The number of carbonyl (C=O) groups is 3. The van der Waals surface area contributed by atoms with Crippen LogP contribution in [0, 0.1) is 17.8 Å². The van der Waals surface area contributed by atoms with Crippen LogP contribution in [0.3, 0.4) is 0 Å². The second-order valence-corrected chi connectivity index (χ2v) is 15.5.